The molecule has 1 rings (SSSR count). The molecular formula is C11H24N2O3S. The molecule has 0 aromatic carbocycles. The van der Waals surface area contributed by atoms with Gasteiger partial charge >= 0.3 is 0 Å². The predicted octanol–water partition coefficient (Wildman–Crippen LogP) is -0.0929. The Bertz CT molecular complexity index is 332. The number of hydrogen-bond donors (Lipinski definition) is 2. The zero-order valence-electron chi connectivity index (χ0n) is 10.7. The summed E-state index contributed by atoms with van der Waals surface area (Å²) in [7, 11) is -1.21. The first kappa shape index (κ1) is 14.9. The fourth-order valence-electron chi connectivity index (χ4n) is 2.38. The first-order valence-corrected chi connectivity index (χ1v) is 7.90. The SMILES string of the molecule is COCC(CCCN)NC1(C)CCS(=O)(=O)C1. The molecule has 3 N–H and O–H groups in total. The maximum Gasteiger partial charge on any atom is 0.152 e. The highest BCUT2D eigenvalue weighted by Crippen LogP contribution is 2.24. The third kappa shape index (κ3) is 4.91. The van der Waals surface area contributed by atoms with Crippen molar-refractivity contribution in [3.05, 3.63) is 0 Å². The minimum atomic E-state index is -2.86. The quantitative estimate of drug-likeness (QED) is 0.671. The Morgan fingerprint density at radius 1 is 1.53 bits per heavy atom. The largest absolute Gasteiger partial charge is 0.383 e. The summed E-state index contributed by atoms with van der Waals surface area (Å²) in [6.07, 6.45) is 2.52. The van der Waals surface area contributed by atoms with Crippen LogP contribution >= 0.6 is 0 Å². The standard InChI is InChI=1S/C11H24N2O3S/c1-11(5-7-17(14,15)9-11)13-10(8-16-2)4-3-6-12/h10,13H,3-9,12H2,1-2H3. The van der Waals surface area contributed by atoms with Gasteiger partial charge in [0, 0.05) is 18.7 Å². The number of hydrogen-bond acceptors (Lipinski definition) is 5. The highest BCUT2D eigenvalue weighted by molar-refractivity contribution is 7.91. The number of methoxy groups -OCH3 is 1. The van der Waals surface area contributed by atoms with Crippen molar-refractivity contribution in [2.75, 3.05) is 31.8 Å². The van der Waals surface area contributed by atoms with Crippen LogP contribution < -0.4 is 11.1 Å². The van der Waals surface area contributed by atoms with Crippen LogP contribution in [-0.4, -0.2) is 51.8 Å². The molecule has 1 saturated heterocycles. The summed E-state index contributed by atoms with van der Waals surface area (Å²) in [5.41, 5.74) is 5.18. The van der Waals surface area contributed by atoms with Crippen LogP contribution in [0.4, 0.5) is 0 Å². The Balaban J connectivity index is 2.54. The first-order valence-electron chi connectivity index (χ1n) is 6.08. The van der Waals surface area contributed by atoms with Gasteiger partial charge in [-0.05, 0) is 32.7 Å². The zero-order chi connectivity index (χ0) is 12.9. The van der Waals surface area contributed by atoms with E-state index in [1.165, 1.54) is 0 Å². The van der Waals surface area contributed by atoms with Gasteiger partial charge in [-0.1, -0.05) is 0 Å². The van der Waals surface area contributed by atoms with Crippen LogP contribution in [0.15, 0.2) is 0 Å². The monoisotopic (exact) mass is 264 g/mol. The Labute approximate surface area is 104 Å². The molecule has 2 atom stereocenters. The Morgan fingerprint density at radius 3 is 2.71 bits per heavy atom. The molecule has 102 valence electrons. The average Bonchev–Trinajstić information content (AvgIpc) is 2.50. The summed E-state index contributed by atoms with van der Waals surface area (Å²) in [6.45, 7) is 3.22. The normalized spacial score (nSPS) is 29.4. The van der Waals surface area contributed by atoms with E-state index in [2.05, 4.69) is 5.32 Å². The van der Waals surface area contributed by atoms with E-state index in [0.29, 0.717) is 19.6 Å². The van der Waals surface area contributed by atoms with Crippen LogP contribution in [0, 0.1) is 0 Å². The van der Waals surface area contributed by atoms with Gasteiger partial charge in [0.15, 0.2) is 9.84 Å². The van der Waals surface area contributed by atoms with Gasteiger partial charge in [0.05, 0.1) is 18.1 Å². The third-order valence-corrected chi connectivity index (χ3v) is 5.08. The van der Waals surface area contributed by atoms with Crippen molar-refractivity contribution < 1.29 is 13.2 Å². The molecule has 5 nitrogen and oxygen atoms in total. The average molecular weight is 264 g/mol. The van der Waals surface area contributed by atoms with Gasteiger partial charge in [-0.2, -0.15) is 0 Å². The van der Waals surface area contributed by atoms with Gasteiger partial charge in [0.1, 0.15) is 0 Å². The minimum absolute atomic E-state index is 0.182. The van der Waals surface area contributed by atoms with Crippen molar-refractivity contribution in [1.82, 2.24) is 5.32 Å². The molecular weight excluding hydrogens is 240 g/mol. The fraction of sp³-hybridized carbons (Fsp3) is 1.00. The number of nitrogens with two attached hydrogens (primary N) is 1. The maximum absolute atomic E-state index is 11.5. The van der Waals surface area contributed by atoms with Crippen molar-refractivity contribution in [3.8, 4) is 0 Å². The second-order valence-electron chi connectivity index (χ2n) is 5.13. The van der Waals surface area contributed by atoms with Crippen molar-refractivity contribution in [2.45, 2.75) is 37.8 Å². The van der Waals surface area contributed by atoms with Crippen LogP contribution in [0.5, 0.6) is 0 Å². The van der Waals surface area contributed by atoms with Gasteiger partial charge in [-0.25, -0.2) is 8.42 Å². The van der Waals surface area contributed by atoms with Crippen molar-refractivity contribution in [1.29, 1.82) is 0 Å². The van der Waals surface area contributed by atoms with Gasteiger partial charge in [-0.15, -0.1) is 0 Å². The summed E-state index contributed by atoms with van der Waals surface area (Å²) in [4.78, 5) is 0. The molecule has 0 radical (unpaired) electrons. The molecule has 6 heteroatoms. The van der Waals surface area contributed by atoms with Gasteiger partial charge in [-0.3, -0.25) is 0 Å². The number of ether oxygens (including phenoxy) is 1. The van der Waals surface area contributed by atoms with Gasteiger partial charge < -0.3 is 15.8 Å². The second-order valence-corrected chi connectivity index (χ2v) is 7.31. The molecule has 1 aliphatic rings. The molecule has 0 spiro atoms. The molecule has 0 aliphatic carbocycles. The van der Waals surface area contributed by atoms with E-state index in [0.717, 1.165) is 12.8 Å². The van der Waals surface area contributed by atoms with E-state index in [9.17, 15) is 8.42 Å². The van der Waals surface area contributed by atoms with Crippen LogP contribution in [0.3, 0.4) is 0 Å². The van der Waals surface area contributed by atoms with Crippen molar-refractivity contribution >= 4 is 9.84 Å². The van der Waals surface area contributed by atoms with Crippen LogP contribution in [0.1, 0.15) is 26.2 Å². The lowest BCUT2D eigenvalue weighted by Crippen LogP contribution is -2.50. The Morgan fingerprint density at radius 2 is 2.24 bits per heavy atom. The molecule has 0 amide bonds. The van der Waals surface area contributed by atoms with Crippen LogP contribution in [0.2, 0.25) is 0 Å². The number of nitrogens with one attached hydrogen (secondary N) is 1. The van der Waals surface area contributed by atoms with Crippen LogP contribution in [0.25, 0.3) is 0 Å². The topological polar surface area (TPSA) is 81.4 Å². The molecule has 1 aliphatic heterocycles. The van der Waals surface area contributed by atoms with E-state index >= 15 is 0 Å². The van der Waals surface area contributed by atoms with Gasteiger partial charge in [0.25, 0.3) is 0 Å². The lowest BCUT2D eigenvalue weighted by atomic mass is 9.99. The molecule has 0 bridgehead atoms. The van der Waals surface area contributed by atoms with Crippen molar-refractivity contribution in [2.24, 2.45) is 5.73 Å². The third-order valence-electron chi connectivity index (χ3n) is 3.18. The van der Waals surface area contributed by atoms with Crippen LogP contribution in [-0.2, 0) is 14.6 Å². The Kier molecular flexibility index (Phi) is 5.37. The lowest BCUT2D eigenvalue weighted by molar-refractivity contribution is 0.146. The molecule has 0 aromatic heterocycles. The van der Waals surface area contributed by atoms with Gasteiger partial charge in [0.2, 0.25) is 0 Å². The summed E-state index contributed by atoms with van der Waals surface area (Å²) in [5.74, 6) is 0.510. The molecule has 0 saturated carbocycles. The highest BCUT2D eigenvalue weighted by atomic mass is 32.2. The van der Waals surface area contributed by atoms with E-state index in [1.807, 2.05) is 6.92 Å². The van der Waals surface area contributed by atoms with Crippen molar-refractivity contribution in [3.63, 3.8) is 0 Å². The molecule has 2 unspecified atom stereocenters. The molecule has 1 heterocycles. The smallest absolute Gasteiger partial charge is 0.152 e. The Hall–Kier alpha value is -0.170. The van der Waals surface area contributed by atoms with E-state index in [-0.39, 0.29) is 23.1 Å². The summed E-state index contributed by atoms with van der Waals surface area (Å²) in [6, 6.07) is 0.182. The maximum atomic E-state index is 11.5. The van der Waals surface area contributed by atoms with E-state index in [1.54, 1.807) is 7.11 Å². The van der Waals surface area contributed by atoms with E-state index in [4.69, 9.17) is 10.5 Å². The highest BCUT2D eigenvalue weighted by Gasteiger charge is 2.39. The minimum Gasteiger partial charge on any atom is -0.383 e. The van der Waals surface area contributed by atoms with E-state index < -0.39 is 9.84 Å². The number of sulfone groups is 1. The summed E-state index contributed by atoms with van der Waals surface area (Å²) >= 11 is 0. The molecule has 0 aromatic rings. The molecule has 17 heavy (non-hydrogen) atoms. The second kappa shape index (κ2) is 6.13. The molecule has 1 fully saturated rings. The first-order chi connectivity index (χ1) is 7.91. The predicted molar refractivity (Wildman–Crippen MR) is 68.8 cm³/mol. The number of rotatable bonds is 7. The lowest BCUT2D eigenvalue weighted by Gasteiger charge is -2.30. The summed E-state index contributed by atoms with van der Waals surface area (Å²) in [5, 5.41) is 3.42. The summed E-state index contributed by atoms with van der Waals surface area (Å²) < 4.78 is 28.2. The fourth-order valence-corrected chi connectivity index (χ4v) is 4.48. The zero-order valence-corrected chi connectivity index (χ0v) is 11.6.